The molecule has 98 valence electrons. The number of nitriles is 1. The fourth-order valence-electron chi connectivity index (χ4n) is 1.47. The first kappa shape index (κ1) is 14.8. The molecule has 0 aromatic heterocycles. The molecule has 1 aromatic carbocycles. The highest BCUT2D eigenvalue weighted by atomic mass is 35.5. The summed E-state index contributed by atoms with van der Waals surface area (Å²) < 4.78 is 5.30. The van der Waals surface area contributed by atoms with Gasteiger partial charge in [-0.05, 0) is 24.1 Å². The SMILES string of the molecule is N#CCCOc1ccc(C(O)C(O)CCCl)cc1. The summed E-state index contributed by atoms with van der Waals surface area (Å²) in [6.07, 6.45) is -1.15. The van der Waals surface area contributed by atoms with E-state index in [1.54, 1.807) is 24.3 Å². The van der Waals surface area contributed by atoms with Crippen LogP contribution in [0.5, 0.6) is 5.75 Å². The minimum absolute atomic E-state index is 0.299. The molecule has 0 bridgehead atoms. The Bertz CT molecular complexity index is 388. The maximum Gasteiger partial charge on any atom is 0.119 e. The van der Waals surface area contributed by atoms with Crippen LogP contribution in [0.4, 0.5) is 0 Å². The molecule has 1 rings (SSSR count). The zero-order chi connectivity index (χ0) is 13.4. The number of hydrogen-bond donors (Lipinski definition) is 2. The first-order valence-corrected chi connectivity index (χ1v) is 6.24. The van der Waals surface area contributed by atoms with E-state index in [-0.39, 0.29) is 0 Å². The second-order valence-electron chi connectivity index (χ2n) is 3.82. The smallest absolute Gasteiger partial charge is 0.119 e. The van der Waals surface area contributed by atoms with Gasteiger partial charge in [0.2, 0.25) is 0 Å². The highest BCUT2D eigenvalue weighted by Crippen LogP contribution is 2.22. The van der Waals surface area contributed by atoms with Gasteiger partial charge in [-0.3, -0.25) is 0 Å². The average Bonchev–Trinajstić information content (AvgIpc) is 2.39. The number of rotatable bonds is 7. The number of aliphatic hydroxyl groups excluding tert-OH is 2. The van der Waals surface area contributed by atoms with Gasteiger partial charge in [0.05, 0.1) is 18.6 Å². The minimum Gasteiger partial charge on any atom is -0.493 e. The van der Waals surface area contributed by atoms with Crippen LogP contribution in [0.1, 0.15) is 24.5 Å². The molecule has 0 heterocycles. The molecule has 0 radical (unpaired) electrons. The van der Waals surface area contributed by atoms with Gasteiger partial charge in [-0.1, -0.05) is 12.1 Å². The van der Waals surface area contributed by atoms with E-state index < -0.39 is 12.2 Å². The molecule has 0 aliphatic rings. The molecule has 0 saturated carbocycles. The number of nitrogens with zero attached hydrogens (tertiary/aromatic N) is 1. The molecule has 4 nitrogen and oxygen atoms in total. The first-order chi connectivity index (χ1) is 8.69. The molecule has 1 aromatic rings. The molecule has 0 amide bonds. The molecule has 2 atom stereocenters. The largest absolute Gasteiger partial charge is 0.493 e. The van der Waals surface area contributed by atoms with Crippen LogP contribution in [0, 0.1) is 11.3 Å². The minimum atomic E-state index is -0.947. The van der Waals surface area contributed by atoms with E-state index in [0.717, 1.165) is 0 Å². The lowest BCUT2D eigenvalue weighted by Crippen LogP contribution is -2.18. The molecule has 0 saturated heterocycles. The van der Waals surface area contributed by atoms with Crippen molar-refractivity contribution >= 4 is 11.6 Å². The van der Waals surface area contributed by atoms with E-state index in [2.05, 4.69) is 0 Å². The quantitative estimate of drug-likeness (QED) is 0.587. The van der Waals surface area contributed by atoms with Crippen LogP contribution >= 0.6 is 11.6 Å². The molecule has 0 fully saturated rings. The number of ether oxygens (including phenoxy) is 1. The second kappa shape index (κ2) is 7.93. The monoisotopic (exact) mass is 269 g/mol. The summed E-state index contributed by atoms with van der Waals surface area (Å²) in [5, 5.41) is 27.8. The normalized spacial score (nSPS) is 13.7. The number of alkyl halides is 1. The van der Waals surface area contributed by atoms with Gasteiger partial charge >= 0.3 is 0 Å². The number of aliphatic hydroxyl groups is 2. The van der Waals surface area contributed by atoms with Gasteiger partial charge in [0.1, 0.15) is 18.5 Å². The Morgan fingerprint density at radius 1 is 1.28 bits per heavy atom. The zero-order valence-electron chi connectivity index (χ0n) is 9.92. The fraction of sp³-hybridized carbons (Fsp3) is 0.462. The van der Waals surface area contributed by atoms with Crippen molar-refractivity contribution in [1.29, 1.82) is 5.26 Å². The van der Waals surface area contributed by atoms with E-state index in [4.69, 9.17) is 21.6 Å². The number of benzene rings is 1. The summed E-state index contributed by atoms with van der Waals surface area (Å²) >= 11 is 5.51. The highest BCUT2D eigenvalue weighted by Gasteiger charge is 2.17. The Labute approximate surface area is 111 Å². The predicted octanol–water partition coefficient (Wildman–Crippen LogP) is 2.00. The molecule has 5 heteroatoms. The van der Waals surface area contributed by atoms with Crippen LogP contribution in [-0.2, 0) is 0 Å². The van der Waals surface area contributed by atoms with Crippen LogP contribution in [0.25, 0.3) is 0 Å². The van der Waals surface area contributed by atoms with E-state index in [1.807, 2.05) is 6.07 Å². The maximum atomic E-state index is 9.83. The van der Waals surface area contributed by atoms with Crippen molar-refractivity contribution in [2.24, 2.45) is 0 Å². The summed E-state index contributed by atoms with van der Waals surface area (Å²) in [6, 6.07) is 8.75. The van der Waals surface area contributed by atoms with Gasteiger partial charge in [0.25, 0.3) is 0 Å². The van der Waals surface area contributed by atoms with Gasteiger partial charge < -0.3 is 14.9 Å². The number of halogens is 1. The van der Waals surface area contributed by atoms with Crippen LogP contribution in [0.2, 0.25) is 0 Å². The summed E-state index contributed by atoms with van der Waals surface area (Å²) in [5.41, 5.74) is 0.611. The van der Waals surface area contributed by atoms with E-state index in [9.17, 15) is 10.2 Å². The second-order valence-corrected chi connectivity index (χ2v) is 4.19. The lowest BCUT2D eigenvalue weighted by atomic mass is 10.0. The molecule has 0 aliphatic heterocycles. The maximum absolute atomic E-state index is 9.83. The van der Waals surface area contributed by atoms with Gasteiger partial charge in [0, 0.05) is 5.88 Å². The lowest BCUT2D eigenvalue weighted by Gasteiger charge is -2.17. The molecule has 0 aliphatic carbocycles. The third-order valence-corrected chi connectivity index (χ3v) is 2.69. The third kappa shape index (κ3) is 4.53. The molecule has 18 heavy (non-hydrogen) atoms. The summed E-state index contributed by atoms with van der Waals surface area (Å²) in [6.45, 7) is 0.341. The lowest BCUT2D eigenvalue weighted by molar-refractivity contribution is 0.0170. The summed E-state index contributed by atoms with van der Waals surface area (Å²) in [5.74, 6) is 0.932. The molecule has 2 N–H and O–H groups in total. The van der Waals surface area contributed by atoms with Crippen molar-refractivity contribution in [2.45, 2.75) is 25.0 Å². The summed E-state index contributed by atoms with van der Waals surface area (Å²) in [7, 11) is 0. The van der Waals surface area contributed by atoms with Crippen LogP contribution < -0.4 is 4.74 Å². The summed E-state index contributed by atoms with van der Waals surface area (Å²) in [4.78, 5) is 0. The van der Waals surface area contributed by atoms with Gasteiger partial charge in [0.15, 0.2) is 0 Å². The zero-order valence-corrected chi connectivity index (χ0v) is 10.7. The Kier molecular flexibility index (Phi) is 6.51. The Morgan fingerprint density at radius 3 is 2.50 bits per heavy atom. The third-order valence-electron chi connectivity index (χ3n) is 2.47. The first-order valence-electron chi connectivity index (χ1n) is 5.71. The molecular weight excluding hydrogens is 254 g/mol. The Morgan fingerprint density at radius 2 is 1.94 bits per heavy atom. The van der Waals surface area contributed by atoms with Crippen molar-refractivity contribution < 1.29 is 14.9 Å². The van der Waals surface area contributed by atoms with Crippen LogP contribution in [0.15, 0.2) is 24.3 Å². The van der Waals surface area contributed by atoms with E-state index >= 15 is 0 Å². The highest BCUT2D eigenvalue weighted by molar-refractivity contribution is 6.17. The van der Waals surface area contributed by atoms with Crippen molar-refractivity contribution in [3.63, 3.8) is 0 Å². The topological polar surface area (TPSA) is 73.5 Å². The van der Waals surface area contributed by atoms with Gasteiger partial charge in [-0.15, -0.1) is 11.6 Å². The van der Waals surface area contributed by atoms with Crippen molar-refractivity contribution in [3.05, 3.63) is 29.8 Å². The van der Waals surface area contributed by atoms with Gasteiger partial charge in [-0.2, -0.15) is 5.26 Å². The molecule has 2 unspecified atom stereocenters. The van der Waals surface area contributed by atoms with Crippen molar-refractivity contribution in [2.75, 3.05) is 12.5 Å². The Balaban J connectivity index is 2.56. The predicted molar refractivity (Wildman–Crippen MR) is 68.5 cm³/mol. The number of hydrogen-bond acceptors (Lipinski definition) is 4. The van der Waals surface area contributed by atoms with Crippen LogP contribution in [-0.4, -0.2) is 28.8 Å². The van der Waals surface area contributed by atoms with E-state index in [1.165, 1.54) is 0 Å². The van der Waals surface area contributed by atoms with Crippen molar-refractivity contribution in [1.82, 2.24) is 0 Å². The standard InChI is InChI=1S/C13H16ClNO3/c14-7-6-12(16)13(17)10-2-4-11(5-3-10)18-9-1-8-15/h2-5,12-13,16-17H,1,6-7,9H2. The molecule has 0 spiro atoms. The average molecular weight is 270 g/mol. The fourth-order valence-corrected chi connectivity index (χ4v) is 1.69. The molecular formula is C13H16ClNO3. The van der Waals surface area contributed by atoms with Crippen molar-refractivity contribution in [3.8, 4) is 11.8 Å². The van der Waals surface area contributed by atoms with E-state index in [0.29, 0.717) is 36.6 Å². The van der Waals surface area contributed by atoms with Gasteiger partial charge in [-0.25, -0.2) is 0 Å². The Hall–Kier alpha value is -1.28. The van der Waals surface area contributed by atoms with Crippen LogP contribution in [0.3, 0.4) is 0 Å².